The molecule has 0 bridgehead atoms. The fourth-order valence-electron chi connectivity index (χ4n) is 1.47. The van der Waals surface area contributed by atoms with Gasteiger partial charge in [-0.3, -0.25) is 0 Å². The first kappa shape index (κ1) is 9.49. The monoisotopic (exact) mass is 193 g/mol. The van der Waals surface area contributed by atoms with E-state index < -0.39 is 0 Å². The number of rotatable bonds is 3. The molecule has 0 N–H and O–H groups in total. The molecule has 0 aliphatic carbocycles. The van der Waals surface area contributed by atoms with Gasteiger partial charge in [0.2, 0.25) is 0 Å². The lowest BCUT2D eigenvalue weighted by Gasteiger charge is -2.13. The van der Waals surface area contributed by atoms with E-state index in [-0.39, 0.29) is 0 Å². The summed E-state index contributed by atoms with van der Waals surface area (Å²) in [6, 6.07) is 6.25. The molecule has 14 heavy (non-hydrogen) atoms. The summed E-state index contributed by atoms with van der Waals surface area (Å²) >= 11 is 0. The van der Waals surface area contributed by atoms with Crippen LogP contribution in [0.5, 0.6) is 5.75 Å². The lowest BCUT2D eigenvalue weighted by molar-refractivity contribution is -0.194. The van der Waals surface area contributed by atoms with Gasteiger partial charge in [0.05, 0.1) is 0 Å². The van der Waals surface area contributed by atoms with Gasteiger partial charge in [0.1, 0.15) is 6.61 Å². The first-order valence-corrected chi connectivity index (χ1v) is 4.89. The van der Waals surface area contributed by atoms with Crippen LogP contribution in [0.1, 0.15) is 18.1 Å². The van der Waals surface area contributed by atoms with E-state index in [1.54, 1.807) is 0 Å². The second-order valence-electron chi connectivity index (χ2n) is 3.62. The Morgan fingerprint density at radius 3 is 3.07 bits per heavy atom. The molecule has 3 heteroatoms. The maximum absolute atomic E-state index is 5.04. The van der Waals surface area contributed by atoms with Crippen LogP contribution in [0.2, 0.25) is 0 Å². The highest BCUT2D eigenvalue weighted by atomic mass is 17.2. The molecule has 0 fully saturated rings. The third kappa shape index (κ3) is 1.89. The molecular weight excluding hydrogens is 178 g/mol. The zero-order valence-electron chi connectivity index (χ0n) is 8.62. The van der Waals surface area contributed by atoms with Crippen molar-refractivity contribution in [3.05, 3.63) is 29.3 Å². The van der Waals surface area contributed by atoms with E-state index >= 15 is 0 Å². The van der Waals surface area contributed by atoms with Gasteiger partial charge in [-0.15, -0.1) is 0 Å². The highest BCUT2D eigenvalue weighted by molar-refractivity contribution is 5.38. The molecule has 3 nitrogen and oxygen atoms in total. The van der Waals surface area contributed by atoms with E-state index in [1.807, 2.05) is 0 Å². The largest absolute Gasteiger partial charge is 0.337 e. The number of hydrogen-bond acceptors (Lipinski definition) is 3. The number of nitrogens with zero attached hydrogens (tertiary/aromatic N) is 1. The Kier molecular flexibility index (Phi) is 2.70. The molecule has 0 spiro atoms. The fraction of sp³-hybridized carbons (Fsp3) is 0.455. The summed E-state index contributed by atoms with van der Waals surface area (Å²) in [6.07, 6.45) is 0. The minimum Gasteiger partial charge on any atom is -0.337 e. The molecule has 0 amide bonds. The van der Waals surface area contributed by atoms with Crippen LogP contribution in [0, 0.1) is 0 Å². The Morgan fingerprint density at radius 2 is 2.29 bits per heavy atom. The highest BCUT2D eigenvalue weighted by Gasteiger charge is 2.13. The molecule has 1 aliphatic rings. The molecule has 1 heterocycles. The molecule has 0 atom stereocenters. The van der Waals surface area contributed by atoms with Gasteiger partial charge in [-0.05, 0) is 25.2 Å². The van der Waals surface area contributed by atoms with Crippen molar-refractivity contribution in [3.8, 4) is 5.75 Å². The van der Waals surface area contributed by atoms with Crippen LogP contribution in [0.15, 0.2) is 18.2 Å². The SMILES string of the molecule is CCN(C)Cc1ccc2c(c1)OOC2. The van der Waals surface area contributed by atoms with Crippen molar-refractivity contribution in [2.45, 2.75) is 20.1 Å². The second-order valence-corrected chi connectivity index (χ2v) is 3.62. The van der Waals surface area contributed by atoms with Gasteiger partial charge < -0.3 is 9.79 Å². The molecule has 1 aromatic rings. The van der Waals surface area contributed by atoms with Crippen LogP contribution in [0.25, 0.3) is 0 Å². The normalized spacial score (nSPS) is 14.2. The van der Waals surface area contributed by atoms with Crippen molar-refractivity contribution in [1.29, 1.82) is 0 Å². The number of fused-ring (bicyclic) bond motifs is 1. The Labute approximate surface area is 84.2 Å². The average molecular weight is 193 g/mol. The summed E-state index contributed by atoms with van der Waals surface area (Å²) in [5.74, 6) is 0.868. The van der Waals surface area contributed by atoms with Crippen LogP contribution >= 0.6 is 0 Å². The fourth-order valence-corrected chi connectivity index (χ4v) is 1.47. The second kappa shape index (κ2) is 3.98. The minimum atomic E-state index is 0.569. The lowest BCUT2D eigenvalue weighted by atomic mass is 10.1. The Hall–Kier alpha value is -1.06. The molecule has 2 rings (SSSR count). The van der Waals surface area contributed by atoms with Crippen molar-refractivity contribution < 1.29 is 9.78 Å². The molecule has 0 saturated carbocycles. The summed E-state index contributed by atoms with van der Waals surface area (Å²) in [4.78, 5) is 12.2. The van der Waals surface area contributed by atoms with Crippen molar-refractivity contribution >= 4 is 0 Å². The van der Waals surface area contributed by atoms with E-state index in [0.29, 0.717) is 6.61 Å². The maximum Gasteiger partial charge on any atom is 0.171 e. The van der Waals surface area contributed by atoms with Crippen LogP contribution in [-0.2, 0) is 18.0 Å². The van der Waals surface area contributed by atoms with Gasteiger partial charge in [0.15, 0.2) is 5.75 Å². The predicted molar refractivity (Wildman–Crippen MR) is 53.9 cm³/mol. The molecule has 0 saturated heterocycles. The summed E-state index contributed by atoms with van der Waals surface area (Å²) in [5.41, 5.74) is 2.39. The summed E-state index contributed by atoms with van der Waals surface area (Å²) < 4.78 is 0. The Morgan fingerprint density at radius 1 is 1.43 bits per heavy atom. The zero-order valence-corrected chi connectivity index (χ0v) is 8.62. The van der Waals surface area contributed by atoms with Gasteiger partial charge >= 0.3 is 0 Å². The predicted octanol–water partition coefficient (Wildman–Crippen LogP) is 1.96. The van der Waals surface area contributed by atoms with E-state index in [4.69, 9.17) is 9.78 Å². The van der Waals surface area contributed by atoms with Crippen molar-refractivity contribution in [2.75, 3.05) is 13.6 Å². The zero-order chi connectivity index (χ0) is 9.97. The maximum atomic E-state index is 5.04. The average Bonchev–Trinajstić information content (AvgIpc) is 2.64. The Balaban J connectivity index is 2.12. The topological polar surface area (TPSA) is 21.7 Å². The van der Waals surface area contributed by atoms with Gasteiger partial charge in [-0.2, -0.15) is 4.89 Å². The van der Waals surface area contributed by atoms with E-state index in [1.165, 1.54) is 5.56 Å². The first-order chi connectivity index (χ1) is 6.79. The van der Waals surface area contributed by atoms with Gasteiger partial charge in [0.25, 0.3) is 0 Å². The van der Waals surface area contributed by atoms with E-state index in [9.17, 15) is 0 Å². The third-order valence-electron chi connectivity index (χ3n) is 2.49. The van der Waals surface area contributed by atoms with Gasteiger partial charge in [-0.25, -0.2) is 0 Å². The lowest BCUT2D eigenvalue weighted by Crippen LogP contribution is -2.16. The van der Waals surface area contributed by atoms with Gasteiger partial charge in [0, 0.05) is 12.1 Å². The smallest absolute Gasteiger partial charge is 0.171 e. The first-order valence-electron chi connectivity index (χ1n) is 4.89. The molecule has 0 unspecified atom stereocenters. The molecule has 0 radical (unpaired) electrons. The van der Waals surface area contributed by atoms with Crippen LogP contribution in [-0.4, -0.2) is 18.5 Å². The van der Waals surface area contributed by atoms with Crippen LogP contribution < -0.4 is 4.89 Å². The third-order valence-corrected chi connectivity index (χ3v) is 2.49. The van der Waals surface area contributed by atoms with Crippen LogP contribution in [0.3, 0.4) is 0 Å². The highest BCUT2D eigenvalue weighted by Crippen LogP contribution is 2.27. The molecule has 76 valence electrons. The standard InChI is InChI=1S/C11H15NO2/c1-3-12(2)7-9-4-5-10-8-13-14-11(10)6-9/h4-6H,3,7-8H2,1-2H3. The van der Waals surface area contributed by atoms with Crippen molar-refractivity contribution in [1.82, 2.24) is 4.90 Å². The molecule has 0 aromatic heterocycles. The molecular formula is C11H15NO2. The van der Waals surface area contributed by atoms with Gasteiger partial charge in [-0.1, -0.05) is 19.1 Å². The summed E-state index contributed by atoms with van der Waals surface area (Å²) in [6.45, 7) is 4.72. The molecule has 1 aliphatic heterocycles. The van der Waals surface area contributed by atoms with Crippen molar-refractivity contribution in [3.63, 3.8) is 0 Å². The van der Waals surface area contributed by atoms with Crippen LogP contribution in [0.4, 0.5) is 0 Å². The Bertz CT molecular complexity index is 325. The summed E-state index contributed by atoms with van der Waals surface area (Å²) in [7, 11) is 2.10. The minimum absolute atomic E-state index is 0.569. The number of hydrogen-bond donors (Lipinski definition) is 0. The van der Waals surface area contributed by atoms with E-state index in [0.717, 1.165) is 24.4 Å². The van der Waals surface area contributed by atoms with Crippen molar-refractivity contribution in [2.24, 2.45) is 0 Å². The number of benzene rings is 1. The molecule has 1 aromatic carbocycles. The quantitative estimate of drug-likeness (QED) is 0.685. The summed E-state index contributed by atoms with van der Waals surface area (Å²) in [5, 5.41) is 0. The van der Waals surface area contributed by atoms with E-state index in [2.05, 4.69) is 37.1 Å².